The molecular formula is C22H18ClNO4. The minimum atomic E-state index is -0.588. The molecule has 0 atom stereocenters. The highest BCUT2D eigenvalue weighted by atomic mass is 35.5. The van der Waals surface area contributed by atoms with Crippen molar-refractivity contribution in [2.24, 2.45) is 0 Å². The number of esters is 1. The van der Waals surface area contributed by atoms with Gasteiger partial charge in [0.1, 0.15) is 5.75 Å². The maximum absolute atomic E-state index is 12.2. The zero-order chi connectivity index (χ0) is 19.9. The first-order valence-electron chi connectivity index (χ1n) is 8.53. The van der Waals surface area contributed by atoms with Gasteiger partial charge in [0.15, 0.2) is 6.61 Å². The number of methoxy groups -OCH3 is 1. The smallest absolute Gasteiger partial charge is 0.340 e. The van der Waals surface area contributed by atoms with Crippen molar-refractivity contribution in [3.05, 3.63) is 83.4 Å². The first-order chi connectivity index (χ1) is 13.6. The van der Waals surface area contributed by atoms with Gasteiger partial charge in [0.2, 0.25) is 0 Å². The molecule has 5 nitrogen and oxygen atoms in total. The van der Waals surface area contributed by atoms with Crippen LogP contribution in [0.15, 0.2) is 72.8 Å². The van der Waals surface area contributed by atoms with Gasteiger partial charge in [-0.15, -0.1) is 0 Å². The number of carbonyl (C=O) groups is 2. The predicted octanol–water partition coefficient (Wildman–Crippen LogP) is 4.81. The largest absolute Gasteiger partial charge is 0.484 e. The van der Waals surface area contributed by atoms with Crippen molar-refractivity contribution < 1.29 is 19.1 Å². The van der Waals surface area contributed by atoms with Gasteiger partial charge < -0.3 is 14.8 Å². The summed E-state index contributed by atoms with van der Waals surface area (Å²) >= 11 is 5.91. The average molecular weight is 396 g/mol. The van der Waals surface area contributed by atoms with E-state index in [4.69, 9.17) is 21.1 Å². The lowest BCUT2D eigenvalue weighted by atomic mass is 10.1. The van der Waals surface area contributed by atoms with Crippen molar-refractivity contribution in [3.63, 3.8) is 0 Å². The lowest BCUT2D eigenvalue weighted by molar-refractivity contribution is -0.118. The second kappa shape index (κ2) is 9.06. The molecule has 3 rings (SSSR count). The number of benzene rings is 3. The summed E-state index contributed by atoms with van der Waals surface area (Å²) in [5, 5.41) is 3.01. The van der Waals surface area contributed by atoms with E-state index in [1.165, 1.54) is 13.2 Å². The van der Waals surface area contributed by atoms with Crippen LogP contribution in [0, 0.1) is 0 Å². The van der Waals surface area contributed by atoms with Crippen molar-refractivity contribution in [2.45, 2.75) is 0 Å². The van der Waals surface area contributed by atoms with Crippen LogP contribution in [0.25, 0.3) is 11.1 Å². The Bertz CT molecular complexity index is 972. The topological polar surface area (TPSA) is 64.6 Å². The fourth-order valence-corrected chi connectivity index (χ4v) is 2.79. The fraction of sp³-hybridized carbons (Fsp3) is 0.0909. The van der Waals surface area contributed by atoms with Gasteiger partial charge in [-0.25, -0.2) is 4.79 Å². The molecule has 6 heteroatoms. The third kappa shape index (κ3) is 4.90. The molecule has 0 saturated heterocycles. The highest BCUT2D eigenvalue weighted by molar-refractivity contribution is 6.31. The van der Waals surface area contributed by atoms with Crippen LogP contribution >= 0.6 is 11.6 Å². The molecule has 0 fully saturated rings. The standard InChI is InChI=1S/C22H18ClNO4/c1-27-22(26)19-13-17(23)9-12-20(19)24-21(25)14-28-18-10-7-16(8-11-18)15-5-3-2-4-6-15/h2-13H,14H2,1H3,(H,24,25). The van der Waals surface area contributed by atoms with Crippen LogP contribution in [0.4, 0.5) is 5.69 Å². The summed E-state index contributed by atoms with van der Waals surface area (Å²) < 4.78 is 10.2. The van der Waals surface area contributed by atoms with E-state index in [1.807, 2.05) is 42.5 Å². The number of nitrogens with one attached hydrogen (secondary N) is 1. The van der Waals surface area contributed by atoms with Gasteiger partial charge in [-0.2, -0.15) is 0 Å². The van der Waals surface area contributed by atoms with Gasteiger partial charge in [0, 0.05) is 5.02 Å². The molecule has 0 unspecified atom stereocenters. The zero-order valence-electron chi connectivity index (χ0n) is 15.1. The first-order valence-corrected chi connectivity index (χ1v) is 8.90. The minimum absolute atomic E-state index is 0.176. The van der Waals surface area contributed by atoms with E-state index in [0.29, 0.717) is 16.5 Å². The van der Waals surface area contributed by atoms with Crippen LogP contribution in [-0.4, -0.2) is 25.6 Å². The lowest BCUT2D eigenvalue weighted by Gasteiger charge is -2.11. The molecule has 0 heterocycles. The Morgan fingerprint density at radius 1 is 0.929 bits per heavy atom. The Hall–Kier alpha value is -3.31. The predicted molar refractivity (Wildman–Crippen MR) is 109 cm³/mol. The molecule has 0 aliphatic carbocycles. The van der Waals surface area contributed by atoms with Crippen molar-refractivity contribution in [1.82, 2.24) is 0 Å². The Kier molecular flexibility index (Phi) is 6.29. The van der Waals surface area contributed by atoms with E-state index in [-0.39, 0.29) is 12.2 Å². The van der Waals surface area contributed by atoms with Gasteiger partial charge in [-0.05, 0) is 41.5 Å². The molecular weight excluding hydrogens is 378 g/mol. The summed E-state index contributed by atoms with van der Waals surface area (Å²) in [6.07, 6.45) is 0. The number of ether oxygens (including phenoxy) is 2. The van der Waals surface area contributed by atoms with Crippen molar-refractivity contribution in [3.8, 4) is 16.9 Å². The molecule has 0 aliphatic rings. The summed E-state index contributed by atoms with van der Waals surface area (Å²) in [5.41, 5.74) is 2.64. The van der Waals surface area contributed by atoms with Crippen LogP contribution < -0.4 is 10.1 Å². The average Bonchev–Trinajstić information content (AvgIpc) is 2.74. The highest BCUT2D eigenvalue weighted by Gasteiger charge is 2.15. The van der Waals surface area contributed by atoms with Gasteiger partial charge in [-0.1, -0.05) is 54.1 Å². The van der Waals surface area contributed by atoms with Crippen LogP contribution in [-0.2, 0) is 9.53 Å². The number of halogens is 1. The second-order valence-electron chi connectivity index (χ2n) is 5.91. The maximum atomic E-state index is 12.2. The van der Waals surface area contributed by atoms with E-state index in [0.717, 1.165) is 11.1 Å². The third-order valence-electron chi connectivity index (χ3n) is 3.99. The molecule has 0 saturated carbocycles. The zero-order valence-corrected chi connectivity index (χ0v) is 15.9. The van der Waals surface area contributed by atoms with E-state index in [2.05, 4.69) is 5.32 Å². The highest BCUT2D eigenvalue weighted by Crippen LogP contribution is 2.23. The molecule has 0 bridgehead atoms. The monoisotopic (exact) mass is 395 g/mol. The number of hydrogen-bond donors (Lipinski definition) is 1. The van der Waals surface area contributed by atoms with Gasteiger partial charge in [0.25, 0.3) is 5.91 Å². The van der Waals surface area contributed by atoms with Crippen LogP contribution in [0.5, 0.6) is 5.75 Å². The Morgan fingerprint density at radius 2 is 1.61 bits per heavy atom. The van der Waals surface area contributed by atoms with Crippen molar-refractivity contribution in [2.75, 3.05) is 19.0 Å². The number of amides is 1. The van der Waals surface area contributed by atoms with E-state index in [1.54, 1.807) is 24.3 Å². The molecule has 3 aromatic carbocycles. The summed E-state index contributed by atoms with van der Waals surface area (Å²) in [7, 11) is 1.26. The molecule has 3 aromatic rings. The van der Waals surface area contributed by atoms with Crippen LogP contribution in [0.3, 0.4) is 0 Å². The maximum Gasteiger partial charge on any atom is 0.340 e. The molecule has 0 spiro atoms. The van der Waals surface area contributed by atoms with Crippen molar-refractivity contribution in [1.29, 1.82) is 0 Å². The number of carbonyl (C=O) groups excluding carboxylic acids is 2. The molecule has 0 aliphatic heterocycles. The lowest BCUT2D eigenvalue weighted by Crippen LogP contribution is -2.21. The molecule has 0 aromatic heterocycles. The Morgan fingerprint density at radius 3 is 2.29 bits per heavy atom. The number of rotatable bonds is 6. The number of hydrogen-bond acceptors (Lipinski definition) is 4. The van der Waals surface area contributed by atoms with Gasteiger partial charge in [-0.3, -0.25) is 4.79 Å². The normalized spacial score (nSPS) is 10.2. The Balaban J connectivity index is 1.61. The Labute approximate surface area is 167 Å². The van der Waals surface area contributed by atoms with E-state index in [9.17, 15) is 9.59 Å². The molecule has 1 N–H and O–H groups in total. The number of anilines is 1. The molecule has 1 amide bonds. The van der Waals surface area contributed by atoms with Crippen LogP contribution in [0.2, 0.25) is 5.02 Å². The SMILES string of the molecule is COC(=O)c1cc(Cl)ccc1NC(=O)COc1ccc(-c2ccccc2)cc1. The fourth-order valence-electron chi connectivity index (χ4n) is 2.61. The third-order valence-corrected chi connectivity index (χ3v) is 4.23. The summed E-state index contributed by atoms with van der Waals surface area (Å²) in [6, 6.07) is 22.0. The minimum Gasteiger partial charge on any atom is -0.484 e. The quantitative estimate of drug-likeness (QED) is 0.608. The summed E-state index contributed by atoms with van der Waals surface area (Å²) in [4.78, 5) is 24.0. The molecule has 0 radical (unpaired) electrons. The molecule has 142 valence electrons. The second-order valence-corrected chi connectivity index (χ2v) is 6.35. The van der Waals surface area contributed by atoms with Crippen molar-refractivity contribution >= 4 is 29.2 Å². The summed E-state index contributed by atoms with van der Waals surface area (Å²) in [6.45, 7) is -0.200. The van der Waals surface area contributed by atoms with E-state index >= 15 is 0 Å². The molecule has 28 heavy (non-hydrogen) atoms. The first kappa shape index (κ1) is 19.5. The van der Waals surface area contributed by atoms with E-state index < -0.39 is 11.9 Å². The van der Waals surface area contributed by atoms with Gasteiger partial charge >= 0.3 is 5.97 Å². The summed E-state index contributed by atoms with van der Waals surface area (Å²) in [5.74, 6) is -0.422. The van der Waals surface area contributed by atoms with Crippen LogP contribution in [0.1, 0.15) is 10.4 Å². The van der Waals surface area contributed by atoms with Gasteiger partial charge in [0.05, 0.1) is 18.4 Å².